The van der Waals surface area contributed by atoms with Crippen molar-refractivity contribution in [1.29, 1.82) is 0 Å². The molecule has 0 radical (unpaired) electrons. The summed E-state index contributed by atoms with van der Waals surface area (Å²) < 4.78 is 11.8. The van der Waals surface area contributed by atoms with Crippen molar-refractivity contribution in [2.45, 2.75) is 12.8 Å². The Morgan fingerprint density at radius 3 is 2.00 bits per heavy atom. The van der Waals surface area contributed by atoms with Gasteiger partial charge in [0.05, 0.1) is 19.8 Å². The second-order valence-electron chi connectivity index (χ2n) is 7.03. The summed E-state index contributed by atoms with van der Waals surface area (Å²) in [4.78, 5) is 16.9. The Bertz CT molecular complexity index is 900. The quantitative estimate of drug-likeness (QED) is 0.768. The smallest absolute Gasteiger partial charge is 0.274 e. The number of likely N-dealkylation sites (N-methyl/N-ethyl adjacent to an activating group) is 1. The highest BCUT2D eigenvalue weighted by Gasteiger charge is 2.44. The molecular formula is C23H24N2O3. The molecule has 5 nitrogen and oxygen atoms in total. The van der Waals surface area contributed by atoms with Crippen LogP contribution in [0.3, 0.4) is 0 Å². The number of rotatable bonds is 3. The van der Waals surface area contributed by atoms with Crippen LogP contribution in [-0.4, -0.2) is 48.4 Å². The molecule has 2 aromatic carbocycles. The minimum absolute atomic E-state index is 0.0855. The van der Waals surface area contributed by atoms with Crippen molar-refractivity contribution in [3.8, 4) is 0 Å². The lowest BCUT2D eigenvalue weighted by atomic mass is 10.1. The van der Waals surface area contributed by atoms with Crippen molar-refractivity contribution >= 4 is 18.1 Å². The van der Waals surface area contributed by atoms with Gasteiger partial charge >= 0.3 is 0 Å². The fourth-order valence-corrected chi connectivity index (χ4v) is 3.52. The highest BCUT2D eigenvalue weighted by atomic mass is 16.8. The molecule has 4 rings (SSSR count). The maximum Gasteiger partial charge on any atom is 0.274 e. The number of carbonyl (C=O) groups excluding carboxylic acids is 1. The minimum atomic E-state index is -0.965. The Balaban J connectivity index is 1.76. The summed E-state index contributed by atoms with van der Waals surface area (Å²) in [6, 6.07) is 19.8. The fraction of sp³-hybridized carbons (Fsp3) is 0.261. The average Bonchev–Trinajstić information content (AvgIpc) is 3.17. The largest absolute Gasteiger partial charge is 0.331 e. The van der Waals surface area contributed by atoms with Gasteiger partial charge in [-0.2, -0.15) is 0 Å². The summed E-state index contributed by atoms with van der Waals surface area (Å²) in [5.74, 6) is -1.05. The predicted octanol–water partition coefficient (Wildman–Crippen LogP) is 3.56. The molecular weight excluding hydrogens is 352 g/mol. The Kier molecular flexibility index (Phi) is 5.03. The molecule has 2 heterocycles. The second-order valence-corrected chi connectivity index (χ2v) is 7.03. The number of piperazine rings is 1. The number of ether oxygens (including phenoxy) is 2. The van der Waals surface area contributed by atoms with Crippen LogP contribution in [0.25, 0.3) is 12.2 Å². The molecule has 2 aromatic rings. The van der Waals surface area contributed by atoms with Gasteiger partial charge in [-0.25, -0.2) is 0 Å². The molecule has 0 atom stereocenters. The third kappa shape index (κ3) is 3.59. The molecule has 1 amide bonds. The van der Waals surface area contributed by atoms with Crippen LogP contribution in [0.2, 0.25) is 0 Å². The standard InChI is InChI=1S/C23H24N2O3/c1-23(27-13-14-28-23)25-17-20(15-18-9-5-3-6-10-18)24(2)22(26)21(25)16-19-11-7-4-8-12-19/h3-12,15-16H,13-14,17H2,1-2H3/b20-15-,21-16-. The lowest BCUT2D eigenvalue weighted by molar-refractivity contribution is -0.234. The minimum Gasteiger partial charge on any atom is -0.331 e. The molecule has 2 saturated heterocycles. The van der Waals surface area contributed by atoms with E-state index in [1.807, 2.05) is 91.7 Å². The molecule has 0 bridgehead atoms. The van der Waals surface area contributed by atoms with E-state index < -0.39 is 5.91 Å². The highest BCUT2D eigenvalue weighted by Crippen LogP contribution is 2.34. The van der Waals surface area contributed by atoms with Crippen LogP contribution in [0, 0.1) is 0 Å². The van der Waals surface area contributed by atoms with E-state index in [1.54, 1.807) is 4.90 Å². The van der Waals surface area contributed by atoms with Crippen LogP contribution in [-0.2, 0) is 14.3 Å². The Hall–Kier alpha value is -2.89. The molecule has 2 fully saturated rings. The van der Waals surface area contributed by atoms with E-state index in [0.29, 0.717) is 25.5 Å². The Morgan fingerprint density at radius 2 is 1.43 bits per heavy atom. The summed E-state index contributed by atoms with van der Waals surface area (Å²) >= 11 is 0. The van der Waals surface area contributed by atoms with Gasteiger partial charge < -0.3 is 19.3 Å². The van der Waals surface area contributed by atoms with Gasteiger partial charge in [-0.15, -0.1) is 0 Å². The van der Waals surface area contributed by atoms with Crippen molar-refractivity contribution in [2.75, 3.05) is 26.8 Å². The Morgan fingerprint density at radius 1 is 0.893 bits per heavy atom. The first-order valence-electron chi connectivity index (χ1n) is 9.43. The monoisotopic (exact) mass is 376 g/mol. The van der Waals surface area contributed by atoms with Gasteiger partial charge in [0.2, 0.25) is 5.91 Å². The van der Waals surface area contributed by atoms with Crippen LogP contribution in [0.5, 0.6) is 0 Å². The van der Waals surface area contributed by atoms with Gasteiger partial charge in [0.25, 0.3) is 5.91 Å². The van der Waals surface area contributed by atoms with E-state index in [4.69, 9.17) is 9.47 Å². The molecule has 2 aliphatic heterocycles. The fourth-order valence-electron chi connectivity index (χ4n) is 3.52. The summed E-state index contributed by atoms with van der Waals surface area (Å²) in [7, 11) is 1.81. The Labute approximate surface area is 165 Å². The first-order chi connectivity index (χ1) is 13.6. The van der Waals surface area contributed by atoms with Crippen LogP contribution in [0.15, 0.2) is 72.1 Å². The van der Waals surface area contributed by atoms with Gasteiger partial charge in [0.15, 0.2) is 0 Å². The van der Waals surface area contributed by atoms with Crippen molar-refractivity contribution in [3.63, 3.8) is 0 Å². The molecule has 0 aliphatic carbocycles. The predicted molar refractivity (Wildman–Crippen MR) is 109 cm³/mol. The summed E-state index contributed by atoms with van der Waals surface area (Å²) in [6.45, 7) is 3.39. The molecule has 28 heavy (non-hydrogen) atoms. The van der Waals surface area contributed by atoms with E-state index in [-0.39, 0.29) is 5.91 Å². The third-order valence-electron chi connectivity index (χ3n) is 5.11. The topological polar surface area (TPSA) is 42.0 Å². The number of amides is 1. The molecule has 0 unspecified atom stereocenters. The van der Waals surface area contributed by atoms with Gasteiger partial charge in [0, 0.05) is 19.7 Å². The van der Waals surface area contributed by atoms with Crippen LogP contribution < -0.4 is 0 Å². The van der Waals surface area contributed by atoms with Crippen LogP contribution in [0.4, 0.5) is 0 Å². The van der Waals surface area contributed by atoms with Crippen molar-refractivity contribution in [2.24, 2.45) is 0 Å². The molecule has 0 aromatic heterocycles. The van der Waals surface area contributed by atoms with Gasteiger partial charge in [-0.05, 0) is 23.3 Å². The third-order valence-corrected chi connectivity index (χ3v) is 5.11. The first kappa shape index (κ1) is 18.5. The first-order valence-corrected chi connectivity index (χ1v) is 9.43. The zero-order valence-electron chi connectivity index (χ0n) is 16.2. The van der Waals surface area contributed by atoms with E-state index in [0.717, 1.165) is 16.8 Å². The number of nitrogens with zero attached hydrogens (tertiary/aromatic N) is 2. The number of hydrogen-bond donors (Lipinski definition) is 0. The SMILES string of the molecule is CN1C(=O)/C(=C/c2ccccc2)N(C2(C)OCCO2)C/C1=C/c1ccccc1. The number of carbonyl (C=O) groups is 1. The maximum atomic E-state index is 13.3. The number of hydrogen-bond acceptors (Lipinski definition) is 4. The van der Waals surface area contributed by atoms with Crippen LogP contribution >= 0.6 is 0 Å². The summed E-state index contributed by atoms with van der Waals surface area (Å²) in [5, 5.41) is 0. The van der Waals surface area contributed by atoms with E-state index >= 15 is 0 Å². The molecule has 5 heteroatoms. The lowest BCUT2D eigenvalue weighted by Gasteiger charge is -2.44. The van der Waals surface area contributed by atoms with Crippen molar-refractivity contribution in [1.82, 2.24) is 9.80 Å². The summed E-state index contributed by atoms with van der Waals surface area (Å²) in [5.41, 5.74) is 3.46. The van der Waals surface area contributed by atoms with Crippen molar-refractivity contribution < 1.29 is 14.3 Å². The van der Waals surface area contributed by atoms with E-state index in [9.17, 15) is 4.79 Å². The molecule has 0 N–H and O–H groups in total. The summed E-state index contributed by atoms with van der Waals surface area (Å²) in [6.07, 6.45) is 3.93. The normalized spacial score (nSPS) is 22.3. The highest BCUT2D eigenvalue weighted by molar-refractivity contribution is 5.99. The second kappa shape index (κ2) is 7.62. The number of benzene rings is 2. The zero-order valence-corrected chi connectivity index (χ0v) is 16.2. The van der Waals surface area contributed by atoms with Gasteiger partial charge in [0.1, 0.15) is 5.70 Å². The van der Waals surface area contributed by atoms with Crippen molar-refractivity contribution in [3.05, 3.63) is 83.2 Å². The van der Waals surface area contributed by atoms with Gasteiger partial charge in [-0.1, -0.05) is 60.7 Å². The molecule has 144 valence electrons. The zero-order chi connectivity index (χ0) is 19.6. The molecule has 2 aliphatic rings. The molecule has 0 spiro atoms. The average molecular weight is 376 g/mol. The maximum absolute atomic E-state index is 13.3. The molecule has 0 saturated carbocycles. The lowest BCUT2D eigenvalue weighted by Crippen LogP contribution is -2.55. The van der Waals surface area contributed by atoms with Gasteiger partial charge in [-0.3, -0.25) is 4.79 Å². The van der Waals surface area contributed by atoms with E-state index in [2.05, 4.69) is 0 Å². The van der Waals surface area contributed by atoms with Crippen LogP contribution in [0.1, 0.15) is 18.1 Å². The van der Waals surface area contributed by atoms with E-state index in [1.165, 1.54) is 0 Å².